The van der Waals surface area contributed by atoms with Gasteiger partial charge in [0.05, 0.1) is 11.1 Å². The molecule has 0 aliphatic carbocycles. The SMILES string of the molecule is CNC(Cc1ccc(C)c(C)c1)c1cnns1. The molecule has 2 rings (SSSR count). The first-order chi connectivity index (χ1) is 8.20. The minimum absolute atomic E-state index is 0.303. The van der Waals surface area contributed by atoms with Crippen LogP contribution >= 0.6 is 11.5 Å². The molecule has 0 spiro atoms. The van der Waals surface area contributed by atoms with Crippen LogP contribution in [0.4, 0.5) is 0 Å². The lowest BCUT2D eigenvalue weighted by molar-refractivity contribution is 0.601. The molecule has 0 fully saturated rings. The first-order valence-corrected chi connectivity index (χ1v) is 6.48. The number of rotatable bonds is 4. The Morgan fingerprint density at radius 1 is 1.29 bits per heavy atom. The average Bonchev–Trinajstić information content (AvgIpc) is 2.84. The van der Waals surface area contributed by atoms with Gasteiger partial charge in [0.15, 0.2) is 0 Å². The zero-order valence-electron chi connectivity index (χ0n) is 10.4. The number of nitrogens with zero attached hydrogens (tertiary/aromatic N) is 2. The van der Waals surface area contributed by atoms with Crippen LogP contribution in [0.1, 0.15) is 27.6 Å². The number of aryl methyl sites for hydroxylation is 2. The Bertz CT molecular complexity index is 479. The summed E-state index contributed by atoms with van der Waals surface area (Å²) in [7, 11) is 1.98. The standard InChI is InChI=1S/C13H17N3S/c1-9-4-5-11(6-10(9)2)7-12(14-3)13-8-15-16-17-13/h4-6,8,12,14H,7H2,1-3H3. The molecule has 2 aromatic rings. The van der Waals surface area contributed by atoms with Crippen LogP contribution in [0.3, 0.4) is 0 Å². The van der Waals surface area contributed by atoms with Gasteiger partial charge in [-0.05, 0) is 55.5 Å². The van der Waals surface area contributed by atoms with Crippen molar-refractivity contribution in [3.63, 3.8) is 0 Å². The minimum Gasteiger partial charge on any atom is -0.312 e. The average molecular weight is 247 g/mol. The summed E-state index contributed by atoms with van der Waals surface area (Å²) in [5, 5.41) is 7.21. The monoisotopic (exact) mass is 247 g/mol. The Kier molecular flexibility index (Phi) is 3.86. The van der Waals surface area contributed by atoms with E-state index in [2.05, 4.69) is 47.0 Å². The van der Waals surface area contributed by atoms with Gasteiger partial charge in [-0.1, -0.05) is 22.7 Å². The van der Waals surface area contributed by atoms with E-state index in [0.717, 1.165) is 6.42 Å². The number of nitrogens with one attached hydrogen (secondary N) is 1. The Morgan fingerprint density at radius 3 is 2.71 bits per heavy atom. The molecule has 1 heterocycles. The van der Waals surface area contributed by atoms with Crippen molar-refractivity contribution < 1.29 is 0 Å². The third-order valence-corrected chi connectivity index (χ3v) is 3.86. The van der Waals surface area contributed by atoms with Crippen LogP contribution in [-0.4, -0.2) is 16.6 Å². The second-order valence-electron chi connectivity index (χ2n) is 4.28. The Balaban J connectivity index is 2.16. The summed E-state index contributed by atoms with van der Waals surface area (Å²) in [5.41, 5.74) is 4.04. The van der Waals surface area contributed by atoms with E-state index in [4.69, 9.17) is 0 Å². The molecule has 1 unspecified atom stereocenters. The van der Waals surface area contributed by atoms with E-state index in [0.29, 0.717) is 6.04 Å². The van der Waals surface area contributed by atoms with Crippen LogP contribution in [0.2, 0.25) is 0 Å². The van der Waals surface area contributed by atoms with E-state index in [9.17, 15) is 0 Å². The van der Waals surface area contributed by atoms with Crippen molar-refractivity contribution >= 4 is 11.5 Å². The molecule has 0 saturated heterocycles. The summed E-state index contributed by atoms with van der Waals surface area (Å²) in [4.78, 5) is 1.19. The molecule has 0 radical (unpaired) electrons. The Morgan fingerprint density at radius 2 is 2.12 bits per heavy atom. The summed E-state index contributed by atoms with van der Waals surface area (Å²) in [6.45, 7) is 4.29. The molecular formula is C13H17N3S. The molecule has 1 aromatic carbocycles. The molecule has 0 bridgehead atoms. The predicted octanol–water partition coefficient (Wildman–Crippen LogP) is 2.66. The van der Waals surface area contributed by atoms with Gasteiger partial charge in [0, 0.05) is 6.04 Å². The van der Waals surface area contributed by atoms with E-state index >= 15 is 0 Å². The van der Waals surface area contributed by atoms with Crippen LogP contribution in [0.15, 0.2) is 24.4 Å². The first-order valence-electron chi connectivity index (χ1n) is 5.71. The van der Waals surface area contributed by atoms with Gasteiger partial charge in [0.1, 0.15) is 0 Å². The maximum absolute atomic E-state index is 3.92. The molecule has 1 aromatic heterocycles. The molecule has 17 heavy (non-hydrogen) atoms. The van der Waals surface area contributed by atoms with Gasteiger partial charge in [-0.2, -0.15) is 0 Å². The number of hydrogen-bond donors (Lipinski definition) is 1. The van der Waals surface area contributed by atoms with Crippen LogP contribution in [0.25, 0.3) is 0 Å². The normalized spacial score (nSPS) is 12.6. The quantitative estimate of drug-likeness (QED) is 0.902. The first kappa shape index (κ1) is 12.2. The van der Waals surface area contributed by atoms with E-state index in [1.54, 1.807) is 0 Å². The fourth-order valence-corrected chi connectivity index (χ4v) is 2.45. The van der Waals surface area contributed by atoms with Crippen molar-refractivity contribution in [2.24, 2.45) is 0 Å². The topological polar surface area (TPSA) is 37.8 Å². The molecule has 90 valence electrons. The van der Waals surface area contributed by atoms with Crippen LogP contribution in [-0.2, 0) is 6.42 Å². The molecule has 1 atom stereocenters. The number of benzene rings is 1. The highest BCUT2D eigenvalue weighted by Crippen LogP contribution is 2.21. The van der Waals surface area contributed by atoms with Gasteiger partial charge in [0.25, 0.3) is 0 Å². The highest BCUT2D eigenvalue weighted by molar-refractivity contribution is 7.05. The summed E-state index contributed by atoms with van der Waals surface area (Å²) < 4.78 is 3.92. The van der Waals surface area contributed by atoms with E-state index < -0.39 is 0 Å². The van der Waals surface area contributed by atoms with E-state index in [1.165, 1.54) is 33.1 Å². The minimum atomic E-state index is 0.303. The van der Waals surface area contributed by atoms with E-state index in [-0.39, 0.29) is 0 Å². The van der Waals surface area contributed by atoms with Crippen molar-refractivity contribution in [2.75, 3.05) is 7.05 Å². The Labute approximate surface area is 106 Å². The van der Waals surface area contributed by atoms with Crippen molar-refractivity contribution in [1.29, 1.82) is 0 Å². The van der Waals surface area contributed by atoms with Gasteiger partial charge in [-0.25, -0.2) is 0 Å². The number of likely N-dealkylation sites (N-methyl/N-ethyl adjacent to an activating group) is 1. The summed E-state index contributed by atoms with van der Waals surface area (Å²) >= 11 is 1.46. The van der Waals surface area contributed by atoms with Gasteiger partial charge in [-0.3, -0.25) is 0 Å². The molecule has 3 nitrogen and oxygen atoms in total. The second-order valence-corrected chi connectivity index (χ2v) is 5.10. The molecule has 4 heteroatoms. The lowest BCUT2D eigenvalue weighted by Gasteiger charge is -2.14. The number of hydrogen-bond acceptors (Lipinski definition) is 4. The fraction of sp³-hybridized carbons (Fsp3) is 0.385. The lowest BCUT2D eigenvalue weighted by atomic mass is 10.0. The molecule has 0 aliphatic rings. The van der Waals surface area contributed by atoms with Crippen LogP contribution in [0.5, 0.6) is 0 Å². The van der Waals surface area contributed by atoms with Crippen LogP contribution < -0.4 is 5.32 Å². The van der Waals surface area contributed by atoms with Gasteiger partial charge in [0.2, 0.25) is 0 Å². The molecular weight excluding hydrogens is 230 g/mol. The van der Waals surface area contributed by atoms with E-state index in [1.807, 2.05) is 13.2 Å². The molecule has 0 aliphatic heterocycles. The zero-order valence-corrected chi connectivity index (χ0v) is 11.2. The van der Waals surface area contributed by atoms with Crippen molar-refractivity contribution in [3.8, 4) is 0 Å². The lowest BCUT2D eigenvalue weighted by Crippen LogP contribution is -2.17. The van der Waals surface area contributed by atoms with Crippen molar-refractivity contribution in [2.45, 2.75) is 26.3 Å². The van der Waals surface area contributed by atoms with Crippen molar-refractivity contribution in [3.05, 3.63) is 46.0 Å². The molecule has 1 N–H and O–H groups in total. The highest BCUT2D eigenvalue weighted by Gasteiger charge is 2.12. The smallest absolute Gasteiger partial charge is 0.0669 e. The largest absolute Gasteiger partial charge is 0.312 e. The number of aromatic nitrogens is 2. The Hall–Kier alpha value is -1.26. The highest BCUT2D eigenvalue weighted by atomic mass is 32.1. The summed E-state index contributed by atoms with van der Waals surface area (Å²) in [6.07, 6.45) is 2.81. The third kappa shape index (κ3) is 2.90. The summed E-state index contributed by atoms with van der Waals surface area (Å²) in [6, 6.07) is 6.94. The predicted molar refractivity (Wildman–Crippen MR) is 71.3 cm³/mol. The van der Waals surface area contributed by atoms with Crippen molar-refractivity contribution in [1.82, 2.24) is 14.9 Å². The van der Waals surface area contributed by atoms with Gasteiger partial charge >= 0.3 is 0 Å². The third-order valence-electron chi connectivity index (χ3n) is 3.08. The maximum atomic E-state index is 3.92. The van der Waals surface area contributed by atoms with Crippen LogP contribution in [0, 0.1) is 13.8 Å². The maximum Gasteiger partial charge on any atom is 0.0669 e. The van der Waals surface area contributed by atoms with Gasteiger partial charge < -0.3 is 5.32 Å². The molecule has 0 saturated carbocycles. The second kappa shape index (κ2) is 5.38. The molecule has 0 amide bonds. The summed E-state index contributed by atoms with van der Waals surface area (Å²) in [5.74, 6) is 0. The fourth-order valence-electron chi connectivity index (χ4n) is 1.84. The van der Waals surface area contributed by atoms with Gasteiger partial charge in [-0.15, -0.1) is 5.10 Å². The zero-order chi connectivity index (χ0) is 12.3.